The summed E-state index contributed by atoms with van der Waals surface area (Å²) in [6.07, 6.45) is 0.153. The molecule has 1 aliphatic rings. The number of carbonyl (C=O) groups excluding carboxylic acids is 2. The highest BCUT2D eigenvalue weighted by Gasteiger charge is 2.29. The molecule has 29 heavy (non-hydrogen) atoms. The molecule has 2 N–H and O–H groups in total. The zero-order valence-electron chi connectivity index (χ0n) is 16.2. The minimum Gasteiger partial charge on any atom is -0.355 e. The number of hydrogen-bond donors (Lipinski definition) is 2. The van der Waals surface area contributed by atoms with Crippen molar-refractivity contribution in [1.82, 2.24) is 14.9 Å². The fraction of sp³-hybridized carbons (Fsp3) is 0.250. The lowest BCUT2D eigenvalue weighted by Gasteiger charge is -2.17. The van der Waals surface area contributed by atoms with Gasteiger partial charge in [0.25, 0.3) is 15.9 Å². The molecule has 8 nitrogen and oxygen atoms in total. The summed E-state index contributed by atoms with van der Waals surface area (Å²) in [6, 6.07) is 13.6. The van der Waals surface area contributed by atoms with E-state index in [0.717, 1.165) is 5.56 Å². The van der Waals surface area contributed by atoms with E-state index in [1.54, 1.807) is 61.5 Å². The minimum atomic E-state index is -3.58. The van der Waals surface area contributed by atoms with Crippen LogP contribution < -0.4 is 10.0 Å². The van der Waals surface area contributed by atoms with Gasteiger partial charge >= 0.3 is 0 Å². The predicted molar refractivity (Wildman–Crippen MR) is 109 cm³/mol. The van der Waals surface area contributed by atoms with Gasteiger partial charge in [0.2, 0.25) is 5.91 Å². The molecule has 0 atom stereocenters. The first-order valence-electron chi connectivity index (χ1n) is 9.03. The van der Waals surface area contributed by atoms with Crippen LogP contribution in [0.5, 0.6) is 0 Å². The van der Waals surface area contributed by atoms with Gasteiger partial charge in [-0.15, -0.1) is 0 Å². The molecule has 2 aromatic carbocycles. The maximum atomic E-state index is 12.4. The lowest BCUT2D eigenvalue weighted by Crippen LogP contribution is -2.27. The molecule has 0 aromatic heterocycles. The second-order valence-electron chi connectivity index (χ2n) is 6.61. The van der Waals surface area contributed by atoms with E-state index < -0.39 is 10.0 Å². The summed E-state index contributed by atoms with van der Waals surface area (Å²) in [5.74, 6) is -0.0103. The first-order valence-corrected chi connectivity index (χ1v) is 10.5. The number of rotatable bonds is 6. The van der Waals surface area contributed by atoms with Crippen molar-refractivity contribution >= 4 is 27.7 Å². The molecule has 2 amide bonds. The number of fused-ring (bicyclic) bond motifs is 1. The third-order valence-corrected chi connectivity index (χ3v) is 5.94. The molecule has 9 heteroatoms. The highest BCUT2D eigenvalue weighted by atomic mass is 32.2. The van der Waals surface area contributed by atoms with Gasteiger partial charge in [-0.2, -0.15) is 0 Å². The van der Waals surface area contributed by atoms with Crippen LogP contribution in [0.1, 0.15) is 27.9 Å². The second kappa shape index (κ2) is 8.44. The Morgan fingerprint density at radius 2 is 1.79 bits per heavy atom. The Balaban J connectivity index is 1.57. The van der Waals surface area contributed by atoms with Crippen molar-refractivity contribution in [3.63, 3.8) is 0 Å². The molecule has 0 saturated heterocycles. The molecule has 1 aliphatic heterocycles. The number of hydrogen-bond acceptors (Lipinski definition) is 5. The van der Waals surface area contributed by atoms with E-state index in [0.29, 0.717) is 17.7 Å². The van der Waals surface area contributed by atoms with Crippen molar-refractivity contribution in [2.45, 2.75) is 17.9 Å². The van der Waals surface area contributed by atoms with Gasteiger partial charge < -0.3 is 10.2 Å². The van der Waals surface area contributed by atoms with E-state index in [-0.39, 0.29) is 35.5 Å². The van der Waals surface area contributed by atoms with Gasteiger partial charge in [-0.3, -0.25) is 19.3 Å². The van der Waals surface area contributed by atoms with Crippen molar-refractivity contribution in [3.05, 3.63) is 65.2 Å². The molecule has 152 valence electrons. The van der Waals surface area contributed by atoms with Crippen molar-refractivity contribution in [2.24, 2.45) is 4.99 Å². The maximum absolute atomic E-state index is 12.4. The number of aliphatic imine (C=N–C) groups is 1. The lowest BCUT2D eigenvalue weighted by molar-refractivity contribution is -0.130. The van der Waals surface area contributed by atoms with Crippen LogP contribution in [0.4, 0.5) is 0 Å². The Morgan fingerprint density at radius 3 is 2.48 bits per heavy atom. The average Bonchev–Trinajstić information content (AvgIpc) is 2.98. The van der Waals surface area contributed by atoms with Crippen LogP contribution in [0.25, 0.3) is 0 Å². The molecule has 0 spiro atoms. The monoisotopic (exact) mass is 414 g/mol. The van der Waals surface area contributed by atoms with Gasteiger partial charge in [0.15, 0.2) is 0 Å². The topological polar surface area (TPSA) is 108 Å². The zero-order valence-corrected chi connectivity index (χ0v) is 17.0. The first kappa shape index (κ1) is 20.5. The number of carbonyl (C=O) groups is 2. The Kier molecular flexibility index (Phi) is 5.97. The van der Waals surface area contributed by atoms with Crippen molar-refractivity contribution in [1.29, 1.82) is 0 Å². The summed E-state index contributed by atoms with van der Waals surface area (Å²) in [6.45, 7) is 0.573. The van der Waals surface area contributed by atoms with E-state index in [2.05, 4.69) is 15.0 Å². The Morgan fingerprint density at radius 1 is 1.10 bits per heavy atom. The molecule has 0 aliphatic carbocycles. The standard InChI is InChI=1S/C20H22N4O4S/c1-21-20(26)15-9-7-14(8-10-15)13-24(2)18(25)11-12-22-19-16-5-3-4-6-17(16)29(27,28)23-19/h3-10H,11-13H2,1-2H3,(H,21,26)(H,22,23). The van der Waals surface area contributed by atoms with Crippen LogP contribution in [0.15, 0.2) is 58.4 Å². The van der Waals surface area contributed by atoms with Crippen LogP contribution >= 0.6 is 0 Å². The van der Waals surface area contributed by atoms with Gasteiger partial charge in [-0.25, -0.2) is 8.42 Å². The molecule has 0 unspecified atom stereocenters. The molecule has 2 aromatic rings. The molecule has 0 fully saturated rings. The number of amides is 2. The molecule has 0 saturated carbocycles. The van der Waals surface area contributed by atoms with E-state index >= 15 is 0 Å². The average molecular weight is 414 g/mol. The third-order valence-electron chi connectivity index (χ3n) is 4.55. The third kappa shape index (κ3) is 4.62. The van der Waals surface area contributed by atoms with Crippen LogP contribution in [0.2, 0.25) is 0 Å². The molecule has 0 radical (unpaired) electrons. The van der Waals surface area contributed by atoms with Gasteiger partial charge in [-0.05, 0) is 29.8 Å². The largest absolute Gasteiger partial charge is 0.355 e. The number of benzene rings is 2. The Hall–Kier alpha value is -3.20. The highest BCUT2D eigenvalue weighted by Crippen LogP contribution is 2.22. The molecular formula is C20H22N4O4S. The quantitative estimate of drug-likeness (QED) is 0.739. The predicted octanol–water partition coefficient (Wildman–Crippen LogP) is 1.13. The van der Waals surface area contributed by atoms with Gasteiger partial charge in [0.1, 0.15) is 5.84 Å². The maximum Gasteiger partial charge on any atom is 0.263 e. The van der Waals surface area contributed by atoms with Gasteiger partial charge in [0, 0.05) is 38.2 Å². The van der Waals surface area contributed by atoms with E-state index in [1.807, 2.05) is 0 Å². The number of amidine groups is 1. The van der Waals surface area contributed by atoms with Crippen molar-refractivity contribution < 1.29 is 18.0 Å². The van der Waals surface area contributed by atoms with Gasteiger partial charge in [-0.1, -0.05) is 24.3 Å². The molecule has 1 heterocycles. The lowest BCUT2D eigenvalue weighted by atomic mass is 10.1. The molecule has 3 rings (SSSR count). The number of nitrogens with one attached hydrogen (secondary N) is 2. The highest BCUT2D eigenvalue weighted by molar-refractivity contribution is 7.90. The van der Waals surface area contributed by atoms with Gasteiger partial charge in [0.05, 0.1) is 11.4 Å². The SMILES string of the molecule is CNC(=O)c1ccc(CN(C)C(=O)CCN=C2NS(=O)(=O)c3ccccc32)cc1. The summed E-state index contributed by atoms with van der Waals surface area (Å²) < 4.78 is 26.6. The smallest absolute Gasteiger partial charge is 0.263 e. The van der Waals surface area contributed by atoms with Crippen LogP contribution in [-0.4, -0.2) is 51.6 Å². The van der Waals surface area contributed by atoms with Crippen LogP contribution in [0, 0.1) is 0 Å². The Bertz CT molecular complexity index is 1060. The Labute approximate surface area is 169 Å². The second-order valence-corrected chi connectivity index (χ2v) is 8.26. The van der Waals surface area contributed by atoms with E-state index in [4.69, 9.17) is 0 Å². The number of sulfonamides is 1. The fourth-order valence-electron chi connectivity index (χ4n) is 2.97. The minimum absolute atomic E-state index is 0.112. The zero-order chi connectivity index (χ0) is 21.0. The van der Waals surface area contributed by atoms with E-state index in [9.17, 15) is 18.0 Å². The van der Waals surface area contributed by atoms with E-state index in [1.165, 1.54) is 6.07 Å². The normalized spacial score (nSPS) is 15.4. The molecular weight excluding hydrogens is 392 g/mol. The van der Waals surface area contributed by atoms with Crippen LogP contribution in [0.3, 0.4) is 0 Å². The summed E-state index contributed by atoms with van der Waals surface area (Å²) in [4.78, 5) is 30.0. The van der Waals surface area contributed by atoms with Crippen molar-refractivity contribution in [3.8, 4) is 0 Å². The summed E-state index contributed by atoms with van der Waals surface area (Å²) in [5.41, 5.74) is 1.97. The fourth-order valence-corrected chi connectivity index (χ4v) is 4.22. The summed E-state index contributed by atoms with van der Waals surface area (Å²) in [7, 11) is -0.318. The number of nitrogens with zero attached hydrogens (tertiary/aromatic N) is 2. The summed E-state index contributed by atoms with van der Waals surface area (Å²) in [5, 5.41) is 2.56. The van der Waals surface area contributed by atoms with Crippen LogP contribution in [-0.2, 0) is 21.4 Å². The first-order chi connectivity index (χ1) is 13.8. The van der Waals surface area contributed by atoms with Crippen molar-refractivity contribution in [2.75, 3.05) is 20.6 Å². The molecule has 0 bridgehead atoms. The summed E-state index contributed by atoms with van der Waals surface area (Å²) >= 11 is 0.